The van der Waals surface area contributed by atoms with Crippen LogP contribution in [-0.2, 0) is 14.3 Å². The highest BCUT2D eigenvalue weighted by Gasteiger charge is 2.35. The summed E-state index contributed by atoms with van der Waals surface area (Å²) in [5.74, 6) is -1.35. The number of nitrogens with zero attached hydrogens (tertiary/aromatic N) is 1. The number of aliphatic hydroxyl groups excluding tert-OH is 1. The molecule has 0 radical (unpaired) electrons. The molecule has 0 unspecified atom stereocenters. The fraction of sp³-hybridized carbons (Fsp3) is 0.714. The maximum absolute atomic E-state index is 12.7. The first-order chi connectivity index (χ1) is 13.1. The zero-order valence-electron chi connectivity index (χ0n) is 18.5. The summed E-state index contributed by atoms with van der Waals surface area (Å²) >= 11 is 0. The zero-order chi connectivity index (χ0) is 22.6. The largest absolute Gasteiger partial charge is 0.511 e. The number of aliphatic imine (C=N–C) groups is 1. The molecule has 1 aliphatic rings. The van der Waals surface area contributed by atoms with Crippen molar-refractivity contribution in [1.82, 2.24) is 5.32 Å². The molecule has 0 aromatic carbocycles. The SMILES string of the molecule is CC(C)CC(=NC[C@H](NC(=O)OC(C)(C)C)C(=O)O)C1=C(O)CC(C)(C)CC1=O. The van der Waals surface area contributed by atoms with E-state index in [9.17, 15) is 24.6 Å². The molecule has 0 bridgehead atoms. The van der Waals surface area contributed by atoms with Crippen molar-refractivity contribution < 1.29 is 29.3 Å². The van der Waals surface area contributed by atoms with Crippen molar-refractivity contribution in [3.05, 3.63) is 11.3 Å². The number of allylic oxidation sites excluding steroid dienone is 2. The lowest BCUT2D eigenvalue weighted by molar-refractivity contribution is -0.139. The Labute approximate surface area is 172 Å². The van der Waals surface area contributed by atoms with Crippen LogP contribution in [0.15, 0.2) is 16.3 Å². The molecule has 0 saturated carbocycles. The predicted molar refractivity (Wildman–Crippen MR) is 110 cm³/mol. The fourth-order valence-corrected chi connectivity index (χ4v) is 3.08. The molecular formula is C21H34N2O6. The van der Waals surface area contributed by atoms with Gasteiger partial charge in [0, 0.05) is 18.6 Å². The first-order valence-electron chi connectivity index (χ1n) is 9.82. The number of ether oxygens (including phenoxy) is 1. The molecule has 3 N–H and O–H groups in total. The van der Waals surface area contributed by atoms with Crippen LogP contribution < -0.4 is 5.32 Å². The number of carboxylic acids is 1. The lowest BCUT2D eigenvalue weighted by atomic mass is 9.75. The van der Waals surface area contributed by atoms with Gasteiger partial charge in [-0.25, -0.2) is 9.59 Å². The van der Waals surface area contributed by atoms with E-state index in [1.807, 2.05) is 27.7 Å². The van der Waals surface area contributed by atoms with Gasteiger partial charge in [-0.2, -0.15) is 0 Å². The number of carboxylic acid groups (broad SMARTS) is 1. The number of aliphatic carboxylic acids is 1. The second-order valence-corrected chi connectivity index (χ2v) is 9.69. The number of aliphatic hydroxyl groups is 1. The summed E-state index contributed by atoms with van der Waals surface area (Å²) in [6.07, 6.45) is 0.179. The number of alkyl carbamates (subject to hydrolysis) is 1. The number of rotatable bonds is 7. The highest BCUT2D eigenvalue weighted by molar-refractivity contribution is 6.23. The maximum Gasteiger partial charge on any atom is 0.408 e. The van der Waals surface area contributed by atoms with Crippen LogP contribution >= 0.6 is 0 Å². The van der Waals surface area contributed by atoms with E-state index in [2.05, 4.69) is 10.3 Å². The summed E-state index contributed by atoms with van der Waals surface area (Å²) < 4.78 is 5.10. The number of hydrogen-bond donors (Lipinski definition) is 3. The summed E-state index contributed by atoms with van der Waals surface area (Å²) in [6, 6.07) is -1.31. The number of carbonyl (C=O) groups is 3. The third-order valence-electron chi connectivity index (χ3n) is 4.20. The van der Waals surface area contributed by atoms with Crippen LogP contribution in [0.2, 0.25) is 0 Å². The van der Waals surface area contributed by atoms with E-state index in [-0.39, 0.29) is 41.4 Å². The molecule has 0 aliphatic heterocycles. The minimum absolute atomic E-state index is 0.0161. The normalized spacial score (nSPS) is 18.6. The van der Waals surface area contributed by atoms with Gasteiger partial charge in [-0.05, 0) is 38.5 Å². The topological polar surface area (TPSA) is 125 Å². The average Bonchev–Trinajstić information content (AvgIpc) is 2.46. The van der Waals surface area contributed by atoms with Crippen LogP contribution in [0.3, 0.4) is 0 Å². The molecule has 0 fully saturated rings. The Morgan fingerprint density at radius 3 is 2.28 bits per heavy atom. The Hall–Kier alpha value is -2.38. The minimum atomic E-state index is -1.31. The van der Waals surface area contributed by atoms with Gasteiger partial charge in [0.05, 0.1) is 12.1 Å². The third kappa shape index (κ3) is 8.25. The minimum Gasteiger partial charge on any atom is -0.511 e. The van der Waals surface area contributed by atoms with Gasteiger partial charge in [0.2, 0.25) is 0 Å². The van der Waals surface area contributed by atoms with Crippen molar-refractivity contribution in [1.29, 1.82) is 0 Å². The van der Waals surface area contributed by atoms with Gasteiger partial charge in [0.15, 0.2) is 5.78 Å². The Balaban J connectivity index is 3.12. The smallest absolute Gasteiger partial charge is 0.408 e. The maximum atomic E-state index is 12.7. The summed E-state index contributed by atoms with van der Waals surface area (Å²) in [6.45, 7) is 12.4. The Bertz CT molecular complexity index is 713. The van der Waals surface area contributed by atoms with Gasteiger partial charge in [-0.1, -0.05) is 27.7 Å². The predicted octanol–water partition coefficient (Wildman–Crippen LogP) is 3.65. The molecule has 0 spiro atoms. The molecule has 8 heteroatoms. The molecule has 1 aliphatic carbocycles. The van der Waals surface area contributed by atoms with E-state index >= 15 is 0 Å². The summed E-state index contributed by atoms with van der Waals surface area (Å²) in [5, 5.41) is 22.2. The lowest BCUT2D eigenvalue weighted by Gasteiger charge is -2.30. The number of amides is 1. The molecule has 8 nitrogen and oxygen atoms in total. The van der Waals surface area contributed by atoms with E-state index < -0.39 is 23.7 Å². The molecular weight excluding hydrogens is 376 g/mol. The van der Waals surface area contributed by atoms with Gasteiger partial charge in [-0.3, -0.25) is 9.79 Å². The van der Waals surface area contributed by atoms with Gasteiger partial charge in [-0.15, -0.1) is 0 Å². The van der Waals surface area contributed by atoms with Gasteiger partial charge >= 0.3 is 12.1 Å². The average molecular weight is 411 g/mol. The van der Waals surface area contributed by atoms with Crippen LogP contribution in [0.1, 0.15) is 67.7 Å². The zero-order valence-corrected chi connectivity index (χ0v) is 18.5. The van der Waals surface area contributed by atoms with Crippen molar-refractivity contribution in [2.24, 2.45) is 16.3 Å². The van der Waals surface area contributed by atoms with Crippen LogP contribution in [0, 0.1) is 11.3 Å². The molecule has 1 rings (SSSR count). The van der Waals surface area contributed by atoms with Crippen molar-refractivity contribution in [3.63, 3.8) is 0 Å². The van der Waals surface area contributed by atoms with E-state index in [1.54, 1.807) is 20.8 Å². The molecule has 164 valence electrons. The highest BCUT2D eigenvalue weighted by atomic mass is 16.6. The third-order valence-corrected chi connectivity index (χ3v) is 4.20. The quantitative estimate of drug-likeness (QED) is 0.550. The molecule has 1 amide bonds. The fourth-order valence-electron chi connectivity index (χ4n) is 3.08. The van der Waals surface area contributed by atoms with E-state index in [0.717, 1.165) is 0 Å². The summed E-state index contributed by atoms with van der Waals surface area (Å²) in [7, 11) is 0. The van der Waals surface area contributed by atoms with Crippen LogP contribution in [0.5, 0.6) is 0 Å². The first-order valence-corrected chi connectivity index (χ1v) is 9.82. The molecule has 0 aromatic heterocycles. The first kappa shape index (κ1) is 24.7. The number of ketones is 1. The Kier molecular flexibility index (Phi) is 8.00. The van der Waals surface area contributed by atoms with Gasteiger partial charge in [0.25, 0.3) is 0 Å². The monoisotopic (exact) mass is 410 g/mol. The van der Waals surface area contributed by atoms with E-state index in [0.29, 0.717) is 18.6 Å². The summed E-state index contributed by atoms with van der Waals surface area (Å²) in [5.41, 5.74) is -0.554. The van der Waals surface area contributed by atoms with Gasteiger partial charge in [0.1, 0.15) is 17.4 Å². The van der Waals surface area contributed by atoms with Crippen molar-refractivity contribution in [2.75, 3.05) is 6.54 Å². The van der Waals surface area contributed by atoms with E-state index in [4.69, 9.17) is 4.74 Å². The Morgan fingerprint density at radius 1 is 1.24 bits per heavy atom. The molecule has 29 heavy (non-hydrogen) atoms. The van der Waals surface area contributed by atoms with Gasteiger partial charge < -0.3 is 20.3 Å². The Morgan fingerprint density at radius 2 is 1.83 bits per heavy atom. The second kappa shape index (κ2) is 9.41. The molecule has 0 heterocycles. The van der Waals surface area contributed by atoms with Crippen molar-refractivity contribution in [3.8, 4) is 0 Å². The summed E-state index contributed by atoms with van der Waals surface area (Å²) in [4.78, 5) is 40.5. The number of carbonyl (C=O) groups excluding carboxylic acids is 2. The lowest BCUT2D eigenvalue weighted by Crippen LogP contribution is -2.45. The van der Waals surface area contributed by atoms with Crippen molar-refractivity contribution >= 4 is 23.6 Å². The second-order valence-electron chi connectivity index (χ2n) is 9.69. The number of Topliss-reactive ketones (excluding diaryl/α,β-unsaturated/α-hetero) is 1. The molecule has 1 atom stereocenters. The highest BCUT2D eigenvalue weighted by Crippen LogP contribution is 2.36. The van der Waals surface area contributed by atoms with E-state index in [1.165, 1.54) is 0 Å². The number of hydrogen-bond acceptors (Lipinski definition) is 6. The van der Waals surface area contributed by atoms with Crippen LogP contribution in [0.4, 0.5) is 4.79 Å². The molecule has 0 aromatic rings. The molecule has 0 saturated heterocycles. The van der Waals surface area contributed by atoms with Crippen LogP contribution in [0.25, 0.3) is 0 Å². The van der Waals surface area contributed by atoms with Crippen LogP contribution in [-0.4, -0.2) is 52.0 Å². The standard InChI is InChI=1S/C21H34N2O6/c1-12(2)8-13(17-15(24)9-21(6,7)10-16(17)25)22-11-14(18(26)27)23-19(28)29-20(3,4)5/h12,14,24H,8-11H2,1-7H3,(H,23,28)(H,26,27)/t14-/m0/s1. The van der Waals surface area contributed by atoms with Crippen molar-refractivity contribution in [2.45, 2.75) is 79.4 Å². The number of nitrogens with one attached hydrogen (secondary N) is 1.